The molecule has 19 heavy (non-hydrogen) atoms. The van der Waals surface area contributed by atoms with E-state index in [1.165, 1.54) is 6.08 Å². The quantitative estimate of drug-likeness (QED) is 0.476. The van der Waals surface area contributed by atoms with Crippen molar-refractivity contribution in [3.63, 3.8) is 0 Å². The lowest BCUT2D eigenvalue weighted by atomic mass is 9.96. The summed E-state index contributed by atoms with van der Waals surface area (Å²) in [4.78, 5) is 11.8. The van der Waals surface area contributed by atoms with Gasteiger partial charge in [0, 0.05) is 0 Å². The number of ether oxygens (including phenoxy) is 1. The van der Waals surface area contributed by atoms with Gasteiger partial charge in [0.05, 0.1) is 12.2 Å². The van der Waals surface area contributed by atoms with Crippen LogP contribution in [-0.4, -0.2) is 21.2 Å². The number of rotatable bonds is 7. The van der Waals surface area contributed by atoms with Crippen molar-refractivity contribution in [2.24, 2.45) is 5.92 Å². The Kier molecular flexibility index (Phi) is 6.31. The minimum absolute atomic E-state index is 0.117. The Morgan fingerprint density at radius 1 is 1.32 bits per heavy atom. The minimum atomic E-state index is -1.60. The van der Waals surface area contributed by atoms with Crippen molar-refractivity contribution in [1.29, 1.82) is 0 Å². The van der Waals surface area contributed by atoms with Crippen molar-refractivity contribution < 1.29 is 9.53 Å². The molecule has 0 aromatic heterocycles. The number of hydrogen-bond donors (Lipinski definition) is 0. The van der Waals surface area contributed by atoms with Gasteiger partial charge >= 0.3 is 5.97 Å². The van der Waals surface area contributed by atoms with Crippen molar-refractivity contribution in [2.45, 2.75) is 48.2 Å². The van der Waals surface area contributed by atoms with Crippen LogP contribution in [0.1, 0.15) is 39.5 Å². The maximum Gasteiger partial charge on any atom is 0.336 e. The third kappa shape index (κ3) is 3.93. The van der Waals surface area contributed by atoms with E-state index in [2.05, 4.69) is 13.8 Å². The Bertz CT molecular complexity index is 364. The second kappa shape index (κ2) is 6.89. The van der Waals surface area contributed by atoms with Crippen LogP contribution in [0, 0.1) is 5.92 Å². The van der Waals surface area contributed by atoms with Crippen molar-refractivity contribution in [1.82, 2.24) is 0 Å². The Morgan fingerprint density at radius 2 is 1.95 bits per heavy atom. The first-order valence-electron chi connectivity index (χ1n) is 6.42. The summed E-state index contributed by atoms with van der Waals surface area (Å²) in [6.45, 7) is 4.58. The summed E-state index contributed by atoms with van der Waals surface area (Å²) >= 11 is 23.5. The molecule has 1 atom stereocenters. The van der Waals surface area contributed by atoms with Crippen LogP contribution in [0.4, 0.5) is 0 Å². The summed E-state index contributed by atoms with van der Waals surface area (Å²) in [5.41, 5.74) is 0.117. The molecule has 0 saturated carbocycles. The van der Waals surface area contributed by atoms with Crippen molar-refractivity contribution >= 4 is 52.4 Å². The fourth-order valence-electron chi connectivity index (χ4n) is 1.82. The van der Waals surface area contributed by atoms with Gasteiger partial charge in [-0.25, -0.2) is 4.79 Å². The summed E-state index contributed by atoms with van der Waals surface area (Å²) in [6.07, 6.45) is 5.59. The maximum absolute atomic E-state index is 11.8. The highest BCUT2D eigenvalue weighted by Gasteiger charge is 2.59. The molecule has 6 heteroatoms. The van der Waals surface area contributed by atoms with Crippen LogP contribution in [0.3, 0.4) is 0 Å². The fourth-order valence-corrected chi connectivity index (χ4v) is 2.62. The van der Waals surface area contributed by atoms with Crippen LogP contribution in [0.15, 0.2) is 11.6 Å². The van der Waals surface area contributed by atoms with E-state index in [4.69, 9.17) is 51.1 Å². The second-order valence-corrected chi connectivity index (χ2v) is 7.48. The third-order valence-electron chi connectivity index (χ3n) is 3.30. The summed E-state index contributed by atoms with van der Waals surface area (Å²) in [6, 6.07) is 0. The van der Waals surface area contributed by atoms with Crippen LogP contribution < -0.4 is 0 Å². The molecule has 0 bridgehead atoms. The number of esters is 1. The van der Waals surface area contributed by atoms with Crippen LogP contribution in [0.25, 0.3) is 0 Å². The molecule has 0 fully saturated rings. The number of allylic oxidation sites excluding steroid dienone is 1. The molecule has 0 aromatic carbocycles. The molecule has 1 unspecified atom stereocenters. The first kappa shape index (κ1) is 17.4. The summed E-state index contributed by atoms with van der Waals surface area (Å²) in [7, 11) is 0. The molecule has 0 saturated heterocycles. The first-order valence-corrected chi connectivity index (χ1v) is 7.93. The summed E-state index contributed by atoms with van der Waals surface area (Å²) in [5, 5.41) is 0. The van der Waals surface area contributed by atoms with Gasteiger partial charge in [-0.3, -0.25) is 0 Å². The monoisotopic (exact) mass is 346 g/mol. The molecule has 0 N–H and O–H groups in total. The molecule has 110 valence electrons. The van der Waals surface area contributed by atoms with E-state index in [-0.39, 0.29) is 5.57 Å². The second-order valence-electron chi connectivity index (χ2n) is 4.77. The Labute approximate surface area is 134 Å². The SMILES string of the molecule is CCCCC(CC)COC(=O)C1=CC(Cl)(Cl)C1(Cl)Cl. The lowest BCUT2D eigenvalue weighted by molar-refractivity contribution is -0.141. The van der Waals surface area contributed by atoms with Gasteiger partial charge in [-0.05, 0) is 18.4 Å². The molecule has 0 amide bonds. The molecule has 0 aliphatic heterocycles. The molecule has 1 aliphatic carbocycles. The van der Waals surface area contributed by atoms with Gasteiger partial charge in [-0.2, -0.15) is 0 Å². The third-order valence-corrected chi connectivity index (χ3v) is 5.47. The largest absolute Gasteiger partial charge is 0.462 e. The molecule has 1 aliphatic rings. The van der Waals surface area contributed by atoms with Crippen LogP contribution >= 0.6 is 46.4 Å². The smallest absolute Gasteiger partial charge is 0.336 e. The van der Waals surface area contributed by atoms with Crippen LogP contribution in [-0.2, 0) is 9.53 Å². The molecule has 0 aromatic rings. The van der Waals surface area contributed by atoms with Gasteiger partial charge in [0.2, 0.25) is 0 Å². The van der Waals surface area contributed by atoms with E-state index in [0.717, 1.165) is 25.7 Å². The highest BCUT2D eigenvalue weighted by Crippen LogP contribution is 2.56. The van der Waals surface area contributed by atoms with Gasteiger partial charge in [0.1, 0.15) is 0 Å². The molecule has 1 rings (SSSR count). The maximum atomic E-state index is 11.8. The zero-order valence-corrected chi connectivity index (χ0v) is 14.0. The van der Waals surface area contributed by atoms with Gasteiger partial charge < -0.3 is 4.74 Å². The Balaban J connectivity index is 2.49. The molecular formula is C13H18Cl4O2. The van der Waals surface area contributed by atoms with E-state index >= 15 is 0 Å². The van der Waals surface area contributed by atoms with E-state index in [0.29, 0.717) is 12.5 Å². The molecule has 0 heterocycles. The van der Waals surface area contributed by atoms with Gasteiger partial charge in [-0.1, -0.05) is 79.5 Å². The highest BCUT2D eigenvalue weighted by molar-refractivity contribution is 6.67. The number of carbonyl (C=O) groups is 1. The lowest BCUT2D eigenvalue weighted by Crippen LogP contribution is -2.48. The number of carbonyl (C=O) groups excluding carboxylic acids is 1. The molecule has 0 radical (unpaired) electrons. The van der Waals surface area contributed by atoms with Crippen LogP contribution in [0.2, 0.25) is 0 Å². The van der Waals surface area contributed by atoms with Gasteiger partial charge in [0.25, 0.3) is 0 Å². The van der Waals surface area contributed by atoms with Crippen molar-refractivity contribution in [3.8, 4) is 0 Å². The Hall–Kier alpha value is 0.370. The molecular weight excluding hydrogens is 330 g/mol. The van der Waals surface area contributed by atoms with Crippen LogP contribution in [0.5, 0.6) is 0 Å². The Morgan fingerprint density at radius 3 is 2.37 bits per heavy atom. The molecule has 0 spiro atoms. The van der Waals surface area contributed by atoms with E-state index in [1.807, 2.05) is 0 Å². The topological polar surface area (TPSA) is 26.3 Å². The van der Waals surface area contributed by atoms with Gasteiger partial charge in [-0.15, -0.1) is 0 Å². The lowest BCUT2D eigenvalue weighted by Gasteiger charge is -2.40. The fraction of sp³-hybridized carbons (Fsp3) is 0.769. The average Bonchev–Trinajstić information content (AvgIpc) is 2.36. The minimum Gasteiger partial charge on any atom is -0.462 e. The predicted octanol–water partition coefficient (Wildman–Crippen LogP) is 5.03. The normalized spacial score (nSPS) is 21.3. The zero-order valence-electron chi connectivity index (χ0n) is 11.0. The number of halogens is 4. The van der Waals surface area contributed by atoms with E-state index < -0.39 is 14.6 Å². The number of unbranched alkanes of at least 4 members (excludes halogenated alkanes) is 1. The number of hydrogen-bond acceptors (Lipinski definition) is 2. The van der Waals surface area contributed by atoms with Crippen molar-refractivity contribution in [2.75, 3.05) is 6.61 Å². The van der Waals surface area contributed by atoms with Gasteiger partial charge in [0.15, 0.2) is 8.67 Å². The summed E-state index contributed by atoms with van der Waals surface area (Å²) < 4.78 is 2.20. The number of alkyl halides is 4. The summed E-state index contributed by atoms with van der Waals surface area (Å²) in [5.74, 6) is -0.182. The van der Waals surface area contributed by atoms with E-state index in [1.54, 1.807) is 0 Å². The van der Waals surface area contributed by atoms with Crippen molar-refractivity contribution in [3.05, 3.63) is 11.6 Å². The molecule has 2 nitrogen and oxygen atoms in total. The highest BCUT2D eigenvalue weighted by atomic mass is 35.5. The predicted molar refractivity (Wildman–Crippen MR) is 81.2 cm³/mol. The average molecular weight is 348 g/mol. The first-order chi connectivity index (χ1) is 8.76. The zero-order chi connectivity index (χ0) is 14.7. The standard InChI is InChI=1S/C13H18Cl4O2/c1-3-5-6-9(4-2)8-19-11(18)10-7-12(14,15)13(10,16)17/h7,9H,3-6,8H2,1-2H3. The van der Waals surface area contributed by atoms with E-state index in [9.17, 15) is 4.79 Å².